The van der Waals surface area contributed by atoms with E-state index in [2.05, 4.69) is 53.4 Å². The molecule has 6 nitrogen and oxygen atoms in total. The normalized spacial score (nSPS) is 11.5. The van der Waals surface area contributed by atoms with Crippen molar-refractivity contribution >= 4 is 17.4 Å². The first-order valence-electron chi connectivity index (χ1n) is 7.69. The van der Waals surface area contributed by atoms with E-state index < -0.39 is 0 Å². The van der Waals surface area contributed by atoms with Crippen LogP contribution in [0.5, 0.6) is 5.75 Å². The lowest BCUT2D eigenvalue weighted by molar-refractivity contribution is 0.264. The Morgan fingerprint density at radius 1 is 1.17 bits per heavy atom. The quantitative estimate of drug-likeness (QED) is 0.728. The minimum absolute atomic E-state index is 0.128. The molecule has 2 heterocycles. The van der Waals surface area contributed by atoms with Crippen molar-refractivity contribution in [2.45, 2.75) is 39.3 Å². The molecule has 1 N–H and O–H groups in total. The van der Waals surface area contributed by atoms with Gasteiger partial charge in [-0.2, -0.15) is 0 Å². The summed E-state index contributed by atoms with van der Waals surface area (Å²) in [6, 6.07) is 8.43. The first-order valence-corrected chi connectivity index (χ1v) is 8.56. The average molecular weight is 344 g/mol. The Hall–Kier alpha value is -2.41. The molecule has 0 saturated carbocycles. The smallest absolute Gasteiger partial charge is 0.315 e. The van der Waals surface area contributed by atoms with E-state index in [-0.39, 0.29) is 12.0 Å². The summed E-state index contributed by atoms with van der Waals surface area (Å²) >= 11 is 1.57. The van der Waals surface area contributed by atoms with E-state index in [0.717, 1.165) is 10.8 Å². The number of ether oxygens (including phenoxy) is 1. The third kappa shape index (κ3) is 4.32. The van der Waals surface area contributed by atoms with Gasteiger partial charge in [-0.05, 0) is 23.1 Å². The molecule has 1 aromatic carbocycles. The molecule has 0 aliphatic rings. The third-order valence-electron chi connectivity index (χ3n) is 3.42. The highest BCUT2D eigenvalue weighted by Crippen LogP contribution is 2.24. The summed E-state index contributed by atoms with van der Waals surface area (Å²) in [6.45, 7) is 7.35. The van der Waals surface area contributed by atoms with Crippen molar-refractivity contribution in [1.29, 1.82) is 0 Å². The second-order valence-corrected chi connectivity index (χ2v) is 7.32. The SMILES string of the molecule is CC(C)(C)c1ccc(OCc2nnc(NCc3nccs3)o2)cc1. The first-order chi connectivity index (χ1) is 11.5. The highest BCUT2D eigenvalue weighted by atomic mass is 32.1. The highest BCUT2D eigenvalue weighted by Gasteiger charge is 2.13. The van der Waals surface area contributed by atoms with Gasteiger partial charge in [-0.1, -0.05) is 38.0 Å². The summed E-state index contributed by atoms with van der Waals surface area (Å²) in [5.74, 6) is 1.20. The molecule has 0 aliphatic heterocycles. The van der Waals surface area contributed by atoms with E-state index in [1.807, 2.05) is 17.5 Å². The Balaban J connectivity index is 1.51. The lowest BCUT2D eigenvalue weighted by Crippen LogP contribution is -2.10. The second-order valence-electron chi connectivity index (χ2n) is 6.34. The van der Waals surface area contributed by atoms with Gasteiger partial charge in [-0.3, -0.25) is 0 Å². The van der Waals surface area contributed by atoms with Crippen molar-refractivity contribution in [2.75, 3.05) is 5.32 Å². The minimum Gasteiger partial charge on any atom is -0.484 e. The topological polar surface area (TPSA) is 73.1 Å². The molecular weight excluding hydrogens is 324 g/mol. The molecule has 0 spiro atoms. The van der Waals surface area contributed by atoms with Gasteiger partial charge >= 0.3 is 6.01 Å². The fraction of sp³-hybridized carbons (Fsp3) is 0.353. The van der Waals surface area contributed by atoms with Crippen molar-refractivity contribution < 1.29 is 9.15 Å². The largest absolute Gasteiger partial charge is 0.484 e. The number of anilines is 1. The number of aromatic nitrogens is 3. The van der Waals surface area contributed by atoms with Crippen LogP contribution >= 0.6 is 11.3 Å². The fourth-order valence-electron chi connectivity index (χ4n) is 2.07. The summed E-state index contributed by atoms with van der Waals surface area (Å²) in [7, 11) is 0. The maximum atomic E-state index is 5.69. The molecule has 0 unspecified atom stereocenters. The summed E-state index contributed by atoms with van der Waals surface area (Å²) < 4.78 is 11.2. The number of thiazole rings is 1. The summed E-state index contributed by atoms with van der Waals surface area (Å²) in [5, 5.41) is 13.8. The van der Waals surface area contributed by atoms with Gasteiger partial charge in [0.2, 0.25) is 0 Å². The van der Waals surface area contributed by atoms with Gasteiger partial charge in [0.1, 0.15) is 10.8 Å². The highest BCUT2D eigenvalue weighted by molar-refractivity contribution is 7.09. The number of rotatable bonds is 6. The Bertz CT molecular complexity index is 761. The van der Waals surface area contributed by atoms with Crippen LogP contribution in [0.4, 0.5) is 6.01 Å². The number of benzene rings is 1. The van der Waals surface area contributed by atoms with E-state index in [9.17, 15) is 0 Å². The molecule has 0 atom stereocenters. The molecule has 0 amide bonds. The molecule has 7 heteroatoms. The number of hydrogen-bond acceptors (Lipinski definition) is 7. The zero-order valence-electron chi connectivity index (χ0n) is 13.9. The fourth-order valence-corrected chi connectivity index (χ4v) is 2.63. The maximum Gasteiger partial charge on any atom is 0.315 e. The van der Waals surface area contributed by atoms with Gasteiger partial charge in [-0.15, -0.1) is 16.4 Å². The zero-order valence-corrected chi connectivity index (χ0v) is 14.8. The lowest BCUT2D eigenvalue weighted by Gasteiger charge is -2.19. The maximum absolute atomic E-state index is 5.69. The molecule has 0 radical (unpaired) electrons. The van der Waals surface area contributed by atoms with Crippen molar-refractivity contribution in [2.24, 2.45) is 0 Å². The molecule has 3 aromatic rings. The van der Waals surface area contributed by atoms with Crippen molar-refractivity contribution in [3.05, 3.63) is 52.3 Å². The lowest BCUT2D eigenvalue weighted by atomic mass is 9.87. The predicted octanol–water partition coefficient (Wildman–Crippen LogP) is 4.01. The molecule has 0 aliphatic carbocycles. The molecule has 0 bridgehead atoms. The van der Waals surface area contributed by atoms with Crippen LogP contribution in [0.15, 0.2) is 40.3 Å². The predicted molar refractivity (Wildman–Crippen MR) is 93.2 cm³/mol. The van der Waals surface area contributed by atoms with E-state index in [1.165, 1.54) is 5.56 Å². The first kappa shape index (κ1) is 16.4. The van der Waals surface area contributed by atoms with Gasteiger partial charge in [0.25, 0.3) is 5.89 Å². The molecule has 0 fully saturated rings. The van der Waals surface area contributed by atoms with Crippen LogP contribution in [-0.2, 0) is 18.6 Å². The Morgan fingerprint density at radius 3 is 2.62 bits per heavy atom. The van der Waals surface area contributed by atoms with Gasteiger partial charge in [0.15, 0.2) is 6.61 Å². The Morgan fingerprint density at radius 2 is 1.96 bits per heavy atom. The monoisotopic (exact) mass is 344 g/mol. The number of nitrogens with one attached hydrogen (secondary N) is 1. The van der Waals surface area contributed by atoms with Crippen LogP contribution in [0.3, 0.4) is 0 Å². The number of hydrogen-bond donors (Lipinski definition) is 1. The van der Waals surface area contributed by atoms with Crippen LogP contribution < -0.4 is 10.1 Å². The summed E-state index contributed by atoms with van der Waals surface area (Å²) in [6.07, 6.45) is 1.76. The van der Waals surface area contributed by atoms with Gasteiger partial charge in [-0.25, -0.2) is 4.98 Å². The molecule has 0 saturated heterocycles. The molecule has 3 rings (SSSR count). The number of nitrogens with zero attached hydrogens (tertiary/aromatic N) is 3. The van der Waals surface area contributed by atoms with E-state index in [0.29, 0.717) is 18.5 Å². The van der Waals surface area contributed by atoms with Gasteiger partial charge in [0.05, 0.1) is 6.54 Å². The molecule has 24 heavy (non-hydrogen) atoms. The molecular formula is C17H20N4O2S. The summed E-state index contributed by atoms with van der Waals surface area (Å²) in [5.41, 5.74) is 1.39. The van der Waals surface area contributed by atoms with E-state index >= 15 is 0 Å². The third-order valence-corrected chi connectivity index (χ3v) is 4.20. The van der Waals surface area contributed by atoms with Crippen LogP contribution in [0.2, 0.25) is 0 Å². The van der Waals surface area contributed by atoms with Crippen molar-refractivity contribution in [3.63, 3.8) is 0 Å². The summed E-state index contributed by atoms with van der Waals surface area (Å²) in [4.78, 5) is 4.18. The second kappa shape index (κ2) is 7.00. The average Bonchev–Trinajstić information content (AvgIpc) is 3.22. The zero-order chi connectivity index (χ0) is 17.0. The van der Waals surface area contributed by atoms with E-state index in [1.54, 1.807) is 17.5 Å². The standard InChI is InChI=1S/C17H20N4O2S/c1-17(2,3)12-4-6-13(7-5-12)22-11-14-20-21-16(23-14)19-10-15-18-8-9-24-15/h4-9H,10-11H2,1-3H3,(H,19,21). The Kier molecular flexibility index (Phi) is 4.80. The Labute approximate surface area is 144 Å². The van der Waals surface area contributed by atoms with Crippen LogP contribution in [0.25, 0.3) is 0 Å². The minimum atomic E-state index is 0.128. The van der Waals surface area contributed by atoms with Gasteiger partial charge < -0.3 is 14.5 Å². The molecule has 2 aromatic heterocycles. The molecule has 126 valence electrons. The van der Waals surface area contributed by atoms with Crippen LogP contribution in [0, 0.1) is 0 Å². The van der Waals surface area contributed by atoms with Crippen LogP contribution in [0.1, 0.15) is 37.2 Å². The van der Waals surface area contributed by atoms with E-state index in [4.69, 9.17) is 9.15 Å². The van der Waals surface area contributed by atoms with Crippen molar-refractivity contribution in [1.82, 2.24) is 15.2 Å². The van der Waals surface area contributed by atoms with Crippen LogP contribution in [-0.4, -0.2) is 15.2 Å². The van der Waals surface area contributed by atoms with Gasteiger partial charge in [0, 0.05) is 11.6 Å². The van der Waals surface area contributed by atoms with Crippen molar-refractivity contribution in [3.8, 4) is 5.75 Å².